The molecular formula is C21H26N4. The van der Waals surface area contributed by atoms with Gasteiger partial charge in [0.05, 0.1) is 5.71 Å². The van der Waals surface area contributed by atoms with Gasteiger partial charge in [0, 0.05) is 40.7 Å². The molecule has 3 rings (SSSR count). The number of rotatable bonds is 4. The lowest BCUT2D eigenvalue weighted by atomic mass is 9.76. The lowest BCUT2D eigenvalue weighted by molar-refractivity contribution is 0.339. The molecule has 1 saturated heterocycles. The third kappa shape index (κ3) is 3.74. The number of anilines is 1. The van der Waals surface area contributed by atoms with Crippen LogP contribution in [0.4, 0.5) is 5.69 Å². The van der Waals surface area contributed by atoms with Gasteiger partial charge in [0.15, 0.2) is 0 Å². The van der Waals surface area contributed by atoms with Crippen LogP contribution in [0.25, 0.3) is 0 Å². The molecule has 130 valence electrons. The minimum atomic E-state index is 0.213. The van der Waals surface area contributed by atoms with Crippen molar-refractivity contribution in [2.24, 2.45) is 5.73 Å². The Bertz CT molecular complexity index is 760. The van der Waals surface area contributed by atoms with Gasteiger partial charge in [-0.3, -0.25) is 5.41 Å². The summed E-state index contributed by atoms with van der Waals surface area (Å²) in [5.41, 5.74) is 10.6. The zero-order valence-electron chi connectivity index (χ0n) is 14.7. The third-order valence-corrected chi connectivity index (χ3v) is 5.02. The van der Waals surface area contributed by atoms with Crippen LogP contribution in [0.5, 0.6) is 0 Å². The molecule has 0 bridgehead atoms. The largest absolute Gasteiger partial charge is 0.399 e. The molecule has 2 aliphatic rings. The molecular weight excluding hydrogens is 308 g/mol. The first-order chi connectivity index (χ1) is 12.0. The minimum Gasteiger partial charge on any atom is -0.399 e. The fourth-order valence-electron chi connectivity index (χ4n) is 3.39. The lowest BCUT2D eigenvalue weighted by Crippen LogP contribution is -2.41. The second-order valence-electron chi connectivity index (χ2n) is 7.00. The molecule has 4 nitrogen and oxygen atoms in total. The Morgan fingerprint density at radius 2 is 2.12 bits per heavy atom. The normalized spacial score (nSPS) is 24.9. The first-order valence-corrected chi connectivity index (χ1v) is 8.70. The lowest BCUT2D eigenvalue weighted by Gasteiger charge is -2.34. The molecule has 4 heteroatoms. The van der Waals surface area contributed by atoms with Crippen molar-refractivity contribution in [1.82, 2.24) is 5.32 Å². The predicted molar refractivity (Wildman–Crippen MR) is 106 cm³/mol. The summed E-state index contributed by atoms with van der Waals surface area (Å²) >= 11 is 0. The van der Waals surface area contributed by atoms with Gasteiger partial charge >= 0.3 is 0 Å². The fourth-order valence-corrected chi connectivity index (χ4v) is 3.39. The number of hydrogen-bond donors (Lipinski definition) is 4. The molecule has 0 amide bonds. The average molecular weight is 334 g/mol. The van der Waals surface area contributed by atoms with Crippen LogP contribution in [0.3, 0.4) is 0 Å². The van der Waals surface area contributed by atoms with Gasteiger partial charge in [-0.1, -0.05) is 43.9 Å². The van der Waals surface area contributed by atoms with Gasteiger partial charge in [-0.05, 0) is 37.1 Å². The molecule has 1 atom stereocenters. The van der Waals surface area contributed by atoms with E-state index in [2.05, 4.69) is 48.4 Å². The zero-order valence-corrected chi connectivity index (χ0v) is 14.7. The Morgan fingerprint density at radius 3 is 2.76 bits per heavy atom. The zero-order chi connectivity index (χ0) is 17.9. The number of allylic oxidation sites excluding steroid dienone is 5. The molecule has 1 aliphatic carbocycles. The molecule has 1 aliphatic heterocycles. The van der Waals surface area contributed by atoms with Crippen molar-refractivity contribution in [1.29, 1.82) is 5.41 Å². The van der Waals surface area contributed by atoms with Crippen LogP contribution in [0.2, 0.25) is 0 Å². The maximum Gasteiger partial charge on any atom is 0.0719 e. The van der Waals surface area contributed by atoms with E-state index < -0.39 is 0 Å². The first kappa shape index (κ1) is 17.2. The SMILES string of the molecule is C=C(N)C1=CC=C/C(=C/Nc2ccc([C@]3(C)CCCNC3)cc2)C1=N. The van der Waals surface area contributed by atoms with Crippen molar-refractivity contribution in [2.45, 2.75) is 25.2 Å². The standard InChI is InChI=1S/C21H26N4/c1-15(22)19-6-3-5-16(20(19)23)13-25-18-9-7-17(8-10-18)21(2)11-4-12-24-14-21/h3,5-10,13,23-25H,1,4,11-12,14,22H2,2H3/b16-13-,23-20?/t21-/m1/s1. The highest BCUT2D eigenvalue weighted by atomic mass is 14.9. The third-order valence-electron chi connectivity index (χ3n) is 5.02. The molecule has 1 aromatic rings. The Labute approximate surface area is 149 Å². The van der Waals surface area contributed by atoms with Crippen molar-refractivity contribution in [3.05, 3.63) is 77.7 Å². The van der Waals surface area contributed by atoms with E-state index in [-0.39, 0.29) is 5.41 Å². The molecule has 0 saturated carbocycles. The summed E-state index contributed by atoms with van der Waals surface area (Å²) in [4.78, 5) is 0. The Balaban J connectivity index is 1.70. The highest BCUT2D eigenvalue weighted by Gasteiger charge is 2.28. The Morgan fingerprint density at radius 1 is 1.36 bits per heavy atom. The molecule has 1 fully saturated rings. The first-order valence-electron chi connectivity index (χ1n) is 8.70. The second-order valence-corrected chi connectivity index (χ2v) is 7.00. The maximum absolute atomic E-state index is 8.22. The van der Waals surface area contributed by atoms with Crippen LogP contribution in [-0.4, -0.2) is 18.8 Å². The molecule has 0 aromatic heterocycles. The maximum atomic E-state index is 8.22. The molecule has 1 heterocycles. The van der Waals surface area contributed by atoms with Gasteiger partial charge in [0.2, 0.25) is 0 Å². The quantitative estimate of drug-likeness (QED) is 0.679. The highest BCUT2D eigenvalue weighted by Crippen LogP contribution is 2.31. The summed E-state index contributed by atoms with van der Waals surface area (Å²) < 4.78 is 0. The van der Waals surface area contributed by atoms with Gasteiger partial charge in [-0.25, -0.2) is 0 Å². The molecule has 1 aromatic carbocycles. The van der Waals surface area contributed by atoms with E-state index in [0.717, 1.165) is 24.4 Å². The number of nitrogens with one attached hydrogen (secondary N) is 3. The van der Waals surface area contributed by atoms with Crippen LogP contribution in [0.15, 0.2) is 72.1 Å². The Kier molecular flexibility index (Phi) is 4.91. The second kappa shape index (κ2) is 7.11. The highest BCUT2D eigenvalue weighted by molar-refractivity contribution is 6.15. The Hall–Kier alpha value is -2.59. The number of nitrogens with two attached hydrogens (primary N) is 1. The van der Waals surface area contributed by atoms with Crippen LogP contribution < -0.4 is 16.4 Å². The minimum absolute atomic E-state index is 0.213. The van der Waals surface area contributed by atoms with Gasteiger partial charge < -0.3 is 16.4 Å². The van der Waals surface area contributed by atoms with Crippen molar-refractivity contribution in [3.63, 3.8) is 0 Å². The number of piperidine rings is 1. The van der Waals surface area contributed by atoms with E-state index in [1.165, 1.54) is 18.4 Å². The average Bonchev–Trinajstić information content (AvgIpc) is 2.61. The number of hydrogen-bond acceptors (Lipinski definition) is 4. The smallest absolute Gasteiger partial charge is 0.0719 e. The molecule has 5 N–H and O–H groups in total. The van der Waals surface area contributed by atoms with E-state index in [4.69, 9.17) is 11.1 Å². The van der Waals surface area contributed by atoms with Gasteiger partial charge in [0.25, 0.3) is 0 Å². The summed E-state index contributed by atoms with van der Waals surface area (Å²) in [5.74, 6) is 0. The summed E-state index contributed by atoms with van der Waals surface area (Å²) in [5, 5.41) is 15.0. The van der Waals surface area contributed by atoms with Crippen LogP contribution in [0, 0.1) is 5.41 Å². The van der Waals surface area contributed by atoms with E-state index in [0.29, 0.717) is 17.0 Å². The summed E-state index contributed by atoms with van der Waals surface area (Å²) in [7, 11) is 0. The van der Waals surface area contributed by atoms with Crippen molar-refractivity contribution in [2.75, 3.05) is 18.4 Å². The van der Waals surface area contributed by atoms with Crippen molar-refractivity contribution in [3.8, 4) is 0 Å². The molecule has 0 spiro atoms. The fraction of sp³-hybridized carbons (Fsp3) is 0.286. The molecule has 0 radical (unpaired) electrons. The van der Waals surface area contributed by atoms with E-state index in [1.807, 2.05) is 24.4 Å². The van der Waals surface area contributed by atoms with Gasteiger partial charge in [0.1, 0.15) is 0 Å². The topological polar surface area (TPSA) is 73.9 Å². The van der Waals surface area contributed by atoms with Crippen molar-refractivity contribution < 1.29 is 0 Å². The van der Waals surface area contributed by atoms with Crippen molar-refractivity contribution >= 4 is 11.4 Å². The molecule has 0 unspecified atom stereocenters. The summed E-state index contributed by atoms with van der Waals surface area (Å²) in [6, 6.07) is 8.59. The molecule has 25 heavy (non-hydrogen) atoms. The van der Waals surface area contributed by atoms with Gasteiger partial charge in [-0.15, -0.1) is 0 Å². The number of benzene rings is 1. The van der Waals surface area contributed by atoms with Crippen LogP contribution in [0.1, 0.15) is 25.3 Å². The van der Waals surface area contributed by atoms with E-state index >= 15 is 0 Å². The van der Waals surface area contributed by atoms with E-state index in [9.17, 15) is 0 Å². The van der Waals surface area contributed by atoms with Crippen LogP contribution >= 0.6 is 0 Å². The van der Waals surface area contributed by atoms with Crippen LogP contribution in [-0.2, 0) is 5.41 Å². The van der Waals surface area contributed by atoms with Gasteiger partial charge in [-0.2, -0.15) is 0 Å². The summed E-state index contributed by atoms with van der Waals surface area (Å²) in [6.07, 6.45) is 9.88. The summed E-state index contributed by atoms with van der Waals surface area (Å²) in [6.45, 7) is 8.20. The van der Waals surface area contributed by atoms with E-state index in [1.54, 1.807) is 0 Å². The predicted octanol–water partition coefficient (Wildman–Crippen LogP) is 3.61. The monoisotopic (exact) mass is 334 g/mol.